The van der Waals surface area contributed by atoms with Crippen LogP contribution in [0.1, 0.15) is 36.5 Å². The van der Waals surface area contributed by atoms with Crippen LogP contribution in [0.15, 0.2) is 52.7 Å². The van der Waals surface area contributed by atoms with Gasteiger partial charge in [-0.05, 0) is 37.1 Å². The summed E-state index contributed by atoms with van der Waals surface area (Å²) in [5, 5.41) is 9.89. The van der Waals surface area contributed by atoms with Crippen molar-refractivity contribution in [2.75, 3.05) is 42.5 Å². The van der Waals surface area contributed by atoms with Gasteiger partial charge in [-0.1, -0.05) is 61.6 Å². The van der Waals surface area contributed by atoms with Crippen molar-refractivity contribution in [1.29, 1.82) is 5.26 Å². The number of benzene rings is 1. The summed E-state index contributed by atoms with van der Waals surface area (Å²) in [6, 6.07) is 12.4. The molecule has 0 atom stereocenters. The van der Waals surface area contributed by atoms with E-state index in [-0.39, 0.29) is 17.0 Å². The van der Waals surface area contributed by atoms with Gasteiger partial charge in [-0.3, -0.25) is 19.1 Å². The first-order chi connectivity index (χ1) is 17.9. The first-order valence-electron chi connectivity index (χ1n) is 12.5. The van der Waals surface area contributed by atoms with Crippen LogP contribution in [-0.2, 0) is 11.3 Å². The highest BCUT2D eigenvalue weighted by Gasteiger charge is 2.33. The van der Waals surface area contributed by atoms with Crippen LogP contribution < -0.4 is 15.4 Å². The summed E-state index contributed by atoms with van der Waals surface area (Å²) in [5.74, 6) is 0.593. The molecule has 1 aromatic heterocycles. The summed E-state index contributed by atoms with van der Waals surface area (Å²) >= 11 is 6.68. The van der Waals surface area contributed by atoms with Crippen molar-refractivity contribution >= 4 is 51.8 Å². The minimum atomic E-state index is -0.273. The number of nitrogens with zero attached hydrogens (tertiary/aromatic N) is 5. The van der Waals surface area contributed by atoms with Gasteiger partial charge >= 0.3 is 0 Å². The number of hydrogen-bond donors (Lipinski definition) is 0. The number of pyridine rings is 1. The topological polar surface area (TPSA) is 72.6 Å². The van der Waals surface area contributed by atoms with Crippen LogP contribution in [0.4, 0.5) is 11.5 Å². The maximum Gasteiger partial charge on any atom is 0.270 e. The molecule has 0 unspecified atom stereocenters. The fourth-order valence-electron chi connectivity index (χ4n) is 4.74. The summed E-state index contributed by atoms with van der Waals surface area (Å²) in [6.45, 7) is 11.5. The standard InChI is InChI=1S/C28H31N5O2S2/c1-4-6-13-32-25(31-16-14-30(15-17-31)21-10-8-7-9-11-21)22(20(3)23(19-29)26(32)34)18-24-27(35)33(12-5-2)28(36)37-24/h5,7-11,18H,2,4,6,12-17H2,1,3H3/b24-18-. The summed E-state index contributed by atoms with van der Waals surface area (Å²) in [5.41, 5.74) is 2.35. The van der Waals surface area contributed by atoms with Gasteiger partial charge in [0, 0.05) is 50.5 Å². The lowest BCUT2D eigenvalue weighted by Gasteiger charge is -2.39. The van der Waals surface area contributed by atoms with Crippen molar-refractivity contribution < 1.29 is 4.79 Å². The molecule has 3 heterocycles. The highest BCUT2D eigenvalue weighted by molar-refractivity contribution is 8.26. The second-order valence-electron chi connectivity index (χ2n) is 9.05. The van der Waals surface area contributed by atoms with E-state index >= 15 is 0 Å². The smallest absolute Gasteiger partial charge is 0.270 e. The highest BCUT2D eigenvalue weighted by Crippen LogP contribution is 2.36. The van der Waals surface area contributed by atoms with Gasteiger partial charge in [0.2, 0.25) is 0 Å². The Bertz CT molecular complexity index is 1340. The molecule has 1 aromatic carbocycles. The van der Waals surface area contributed by atoms with Gasteiger partial charge in [-0.2, -0.15) is 5.26 Å². The Balaban J connectivity index is 1.81. The molecular weight excluding hydrogens is 502 g/mol. The van der Waals surface area contributed by atoms with Gasteiger partial charge < -0.3 is 9.80 Å². The molecule has 0 bridgehead atoms. The van der Waals surface area contributed by atoms with Crippen molar-refractivity contribution in [2.24, 2.45) is 0 Å². The fourth-order valence-corrected chi connectivity index (χ4v) is 6.00. The van der Waals surface area contributed by atoms with Crippen molar-refractivity contribution in [2.45, 2.75) is 33.2 Å². The van der Waals surface area contributed by atoms with Crippen LogP contribution in [0.25, 0.3) is 6.08 Å². The second kappa shape index (κ2) is 11.8. The third kappa shape index (κ3) is 5.36. The maximum absolute atomic E-state index is 13.5. The lowest BCUT2D eigenvalue weighted by Crippen LogP contribution is -2.48. The summed E-state index contributed by atoms with van der Waals surface area (Å²) in [6.07, 6.45) is 5.19. The predicted octanol–water partition coefficient (Wildman–Crippen LogP) is 4.54. The molecule has 0 radical (unpaired) electrons. The molecule has 2 saturated heterocycles. The first kappa shape index (κ1) is 26.7. The molecule has 9 heteroatoms. The molecule has 7 nitrogen and oxygen atoms in total. The average molecular weight is 534 g/mol. The molecule has 2 aromatic rings. The molecule has 37 heavy (non-hydrogen) atoms. The molecule has 0 N–H and O–H groups in total. The van der Waals surface area contributed by atoms with Crippen LogP contribution in [0.5, 0.6) is 0 Å². The van der Waals surface area contributed by atoms with E-state index in [0.29, 0.717) is 41.0 Å². The zero-order valence-corrected chi connectivity index (χ0v) is 22.9. The van der Waals surface area contributed by atoms with Crippen LogP contribution in [0.3, 0.4) is 0 Å². The summed E-state index contributed by atoms with van der Waals surface area (Å²) in [7, 11) is 0. The number of carbonyl (C=O) groups is 1. The van der Waals surface area contributed by atoms with E-state index < -0.39 is 0 Å². The van der Waals surface area contributed by atoms with E-state index in [2.05, 4.69) is 41.5 Å². The van der Waals surface area contributed by atoms with Crippen molar-refractivity contribution in [3.05, 3.63) is 74.9 Å². The highest BCUT2D eigenvalue weighted by atomic mass is 32.2. The SMILES string of the molecule is C=CCN1C(=O)/C(=C/c2c(C)c(C#N)c(=O)n(CCCC)c2N2CCN(c3ccccc3)CC2)SC1=S. The third-order valence-electron chi connectivity index (χ3n) is 6.74. The fraction of sp³-hybridized carbons (Fsp3) is 0.357. The number of thiocarbonyl (C=S) groups is 1. The molecule has 2 aliphatic rings. The quantitative estimate of drug-likeness (QED) is 0.280. The van der Waals surface area contributed by atoms with E-state index in [9.17, 15) is 14.9 Å². The monoisotopic (exact) mass is 533 g/mol. The van der Waals surface area contributed by atoms with E-state index in [1.165, 1.54) is 22.3 Å². The Morgan fingerprint density at radius 3 is 2.43 bits per heavy atom. The molecule has 2 aliphatic heterocycles. The average Bonchev–Trinajstić information content (AvgIpc) is 3.18. The lowest BCUT2D eigenvalue weighted by atomic mass is 10.0. The van der Waals surface area contributed by atoms with E-state index in [4.69, 9.17) is 12.2 Å². The Hall–Kier alpha value is -3.35. The summed E-state index contributed by atoms with van der Waals surface area (Å²) in [4.78, 5) is 33.2. The molecular formula is C28H31N5O2S2. The van der Waals surface area contributed by atoms with Crippen LogP contribution >= 0.6 is 24.0 Å². The molecule has 2 fully saturated rings. The molecule has 0 saturated carbocycles. The molecule has 0 aliphatic carbocycles. The number of aromatic nitrogens is 1. The zero-order valence-electron chi connectivity index (χ0n) is 21.3. The van der Waals surface area contributed by atoms with Crippen molar-refractivity contribution in [3.8, 4) is 6.07 Å². The van der Waals surface area contributed by atoms with Crippen LogP contribution in [0, 0.1) is 18.3 Å². The van der Waals surface area contributed by atoms with Gasteiger partial charge in [0.15, 0.2) is 0 Å². The second-order valence-corrected chi connectivity index (χ2v) is 10.7. The Labute approximate surface area is 227 Å². The molecule has 4 rings (SSSR count). The third-order valence-corrected chi connectivity index (χ3v) is 8.12. The molecule has 192 valence electrons. The number of para-hydroxylation sites is 1. The first-order valence-corrected chi connectivity index (χ1v) is 13.7. The number of nitriles is 1. The predicted molar refractivity (Wildman–Crippen MR) is 156 cm³/mol. The minimum Gasteiger partial charge on any atom is -0.368 e. The van der Waals surface area contributed by atoms with Gasteiger partial charge in [0.25, 0.3) is 11.5 Å². The van der Waals surface area contributed by atoms with Gasteiger partial charge in [0.05, 0.1) is 4.91 Å². The molecule has 1 amide bonds. The van der Waals surface area contributed by atoms with Gasteiger partial charge in [0.1, 0.15) is 21.8 Å². The van der Waals surface area contributed by atoms with E-state index in [1.807, 2.05) is 24.3 Å². The number of carbonyl (C=O) groups excluding carboxylic acids is 1. The number of thioether (sulfide) groups is 1. The minimum absolute atomic E-state index is 0.121. The van der Waals surface area contributed by atoms with Gasteiger partial charge in [-0.25, -0.2) is 0 Å². The van der Waals surface area contributed by atoms with Crippen molar-refractivity contribution in [3.63, 3.8) is 0 Å². The van der Waals surface area contributed by atoms with Crippen LogP contribution in [0.2, 0.25) is 0 Å². The lowest BCUT2D eigenvalue weighted by molar-refractivity contribution is -0.121. The molecule has 0 spiro atoms. The number of hydrogen-bond acceptors (Lipinski definition) is 7. The van der Waals surface area contributed by atoms with E-state index in [0.717, 1.165) is 37.3 Å². The van der Waals surface area contributed by atoms with E-state index in [1.54, 1.807) is 17.6 Å². The zero-order chi connectivity index (χ0) is 26.5. The normalized spacial score (nSPS) is 17.0. The van der Waals surface area contributed by atoms with Gasteiger partial charge in [-0.15, -0.1) is 6.58 Å². The number of rotatable bonds is 8. The maximum atomic E-state index is 13.5. The number of unbranched alkanes of at least 4 members (excludes halogenated alkanes) is 1. The Morgan fingerprint density at radius 1 is 1.14 bits per heavy atom. The largest absolute Gasteiger partial charge is 0.368 e. The number of amides is 1. The van der Waals surface area contributed by atoms with Crippen LogP contribution in [-0.4, -0.2) is 52.4 Å². The summed E-state index contributed by atoms with van der Waals surface area (Å²) < 4.78 is 2.22. The number of anilines is 2. The van der Waals surface area contributed by atoms with Crippen molar-refractivity contribution in [1.82, 2.24) is 9.47 Å². The number of piperazine rings is 1. The Morgan fingerprint density at radius 2 is 1.81 bits per heavy atom. The Kier molecular flexibility index (Phi) is 8.52.